The zero-order valence-electron chi connectivity index (χ0n) is 10.1. The van der Waals surface area contributed by atoms with Gasteiger partial charge in [-0.25, -0.2) is 8.42 Å². The molecule has 1 amide bonds. The number of anilines is 1. The van der Waals surface area contributed by atoms with E-state index in [1.165, 1.54) is 11.8 Å². The molecule has 1 saturated heterocycles. The average Bonchev–Trinajstić information content (AvgIpc) is 2.66. The SMILES string of the molecule is O=C(CS[C@H]1CCS(=O)(=O)C1)Nc1cccc(Br)c1. The molecule has 0 aromatic heterocycles. The second-order valence-corrected chi connectivity index (χ2v) is 8.83. The smallest absolute Gasteiger partial charge is 0.234 e. The van der Waals surface area contributed by atoms with Gasteiger partial charge in [-0.1, -0.05) is 22.0 Å². The molecule has 0 unspecified atom stereocenters. The summed E-state index contributed by atoms with van der Waals surface area (Å²) in [6.07, 6.45) is 0.650. The van der Waals surface area contributed by atoms with Gasteiger partial charge in [0, 0.05) is 15.4 Å². The van der Waals surface area contributed by atoms with Crippen molar-refractivity contribution in [3.8, 4) is 0 Å². The Morgan fingerprint density at radius 2 is 2.26 bits per heavy atom. The van der Waals surface area contributed by atoms with Gasteiger partial charge in [0.15, 0.2) is 9.84 Å². The lowest BCUT2D eigenvalue weighted by Crippen LogP contribution is -2.17. The lowest BCUT2D eigenvalue weighted by atomic mass is 10.3. The summed E-state index contributed by atoms with van der Waals surface area (Å²) in [5, 5.41) is 2.84. The summed E-state index contributed by atoms with van der Waals surface area (Å²) >= 11 is 4.75. The number of thioether (sulfide) groups is 1. The van der Waals surface area contributed by atoms with Crippen LogP contribution in [0.2, 0.25) is 0 Å². The van der Waals surface area contributed by atoms with Crippen LogP contribution in [0.3, 0.4) is 0 Å². The van der Waals surface area contributed by atoms with Gasteiger partial charge in [-0.15, -0.1) is 11.8 Å². The number of benzene rings is 1. The van der Waals surface area contributed by atoms with E-state index in [-0.39, 0.29) is 28.4 Å². The average molecular weight is 364 g/mol. The summed E-state index contributed by atoms with van der Waals surface area (Å²) in [4.78, 5) is 11.7. The predicted octanol–water partition coefficient (Wildman–Crippen LogP) is 2.31. The summed E-state index contributed by atoms with van der Waals surface area (Å²) in [6.45, 7) is 0. The lowest BCUT2D eigenvalue weighted by Gasteiger charge is -2.08. The first-order chi connectivity index (χ1) is 8.94. The molecule has 2 rings (SSSR count). The summed E-state index contributed by atoms with van der Waals surface area (Å²) in [5.41, 5.74) is 0.735. The maximum Gasteiger partial charge on any atom is 0.234 e. The molecule has 7 heteroatoms. The third kappa shape index (κ3) is 4.81. The van der Waals surface area contributed by atoms with Crippen LogP contribution in [-0.4, -0.2) is 36.8 Å². The molecule has 1 fully saturated rings. The van der Waals surface area contributed by atoms with Crippen LogP contribution in [-0.2, 0) is 14.6 Å². The Balaban J connectivity index is 1.79. The van der Waals surface area contributed by atoms with E-state index in [2.05, 4.69) is 21.2 Å². The van der Waals surface area contributed by atoms with Gasteiger partial charge in [-0.2, -0.15) is 0 Å². The Morgan fingerprint density at radius 3 is 2.89 bits per heavy atom. The Kier molecular flexibility index (Phi) is 4.92. The van der Waals surface area contributed by atoms with Crippen molar-refractivity contribution in [2.45, 2.75) is 11.7 Å². The highest BCUT2D eigenvalue weighted by atomic mass is 79.9. The van der Waals surface area contributed by atoms with Crippen molar-refractivity contribution in [1.82, 2.24) is 0 Å². The van der Waals surface area contributed by atoms with Gasteiger partial charge < -0.3 is 5.32 Å². The normalized spacial score (nSPS) is 21.2. The van der Waals surface area contributed by atoms with E-state index in [1.807, 2.05) is 24.3 Å². The quantitative estimate of drug-likeness (QED) is 0.891. The number of hydrogen-bond donors (Lipinski definition) is 1. The topological polar surface area (TPSA) is 63.2 Å². The predicted molar refractivity (Wildman–Crippen MR) is 82.3 cm³/mol. The van der Waals surface area contributed by atoms with Gasteiger partial charge >= 0.3 is 0 Å². The van der Waals surface area contributed by atoms with E-state index in [1.54, 1.807) is 0 Å². The molecule has 0 saturated carbocycles. The molecular weight excluding hydrogens is 350 g/mol. The number of sulfone groups is 1. The molecule has 104 valence electrons. The highest BCUT2D eigenvalue weighted by molar-refractivity contribution is 9.10. The van der Waals surface area contributed by atoms with Crippen molar-refractivity contribution in [1.29, 1.82) is 0 Å². The minimum atomic E-state index is -2.87. The van der Waals surface area contributed by atoms with E-state index in [0.29, 0.717) is 6.42 Å². The van der Waals surface area contributed by atoms with E-state index >= 15 is 0 Å². The summed E-state index contributed by atoms with van der Waals surface area (Å²) < 4.78 is 23.5. The molecule has 1 aromatic rings. The molecule has 19 heavy (non-hydrogen) atoms. The summed E-state index contributed by atoms with van der Waals surface area (Å²) in [7, 11) is -2.87. The van der Waals surface area contributed by atoms with Crippen LogP contribution >= 0.6 is 27.7 Å². The lowest BCUT2D eigenvalue weighted by molar-refractivity contribution is -0.113. The number of hydrogen-bond acceptors (Lipinski definition) is 4. The number of carbonyl (C=O) groups is 1. The molecule has 1 heterocycles. The minimum Gasteiger partial charge on any atom is -0.325 e. The van der Waals surface area contributed by atoms with Gasteiger partial charge in [0.2, 0.25) is 5.91 Å². The van der Waals surface area contributed by atoms with Crippen molar-refractivity contribution in [2.24, 2.45) is 0 Å². The number of nitrogens with one attached hydrogen (secondary N) is 1. The maximum atomic E-state index is 11.7. The molecule has 1 N–H and O–H groups in total. The molecule has 0 radical (unpaired) electrons. The third-order valence-corrected chi connectivity index (χ3v) is 6.52. The molecular formula is C12H14BrNO3S2. The van der Waals surface area contributed by atoms with Crippen LogP contribution in [0.25, 0.3) is 0 Å². The number of rotatable bonds is 4. The molecule has 1 aliphatic heterocycles. The second kappa shape index (κ2) is 6.28. The number of halogens is 1. The van der Waals surface area contributed by atoms with Crippen LogP contribution in [0.4, 0.5) is 5.69 Å². The second-order valence-electron chi connectivity index (χ2n) is 4.39. The Bertz CT molecular complexity index is 574. The van der Waals surface area contributed by atoms with E-state index in [0.717, 1.165) is 10.2 Å². The molecule has 4 nitrogen and oxygen atoms in total. The third-order valence-electron chi connectivity index (χ3n) is 2.75. The maximum absolute atomic E-state index is 11.7. The van der Waals surface area contributed by atoms with Crippen LogP contribution in [0.5, 0.6) is 0 Å². The zero-order valence-corrected chi connectivity index (χ0v) is 13.4. The van der Waals surface area contributed by atoms with Gasteiger partial charge in [0.25, 0.3) is 0 Å². The van der Waals surface area contributed by atoms with Crippen molar-refractivity contribution in [3.05, 3.63) is 28.7 Å². The van der Waals surface area contributed by atoms with Crippen molar-refractivity contribution >= 4 is 49.1 Å². The van der Waals surface area contributed by atoms with E-state index < -0.39 is 9.84 Å². The first-order valence-electron chi connectivity index (χ1n) is 5.82. The molecule has 0 aliphatic carbocycles. The summed E-state index contributed by atoms with van der Waals surface area (Å²) in [5.74, 6) is 0.624. The number of amides is 1. The molecule has 0 spiro atoms. The Labute approximate surface area is 125 Å². The van der Waals surface area contributed by atoms with Crippen molar-refractivity contribution < 1.29 is 13.2 Å². The van der Waals surface area contributed by atoms with E-state index in [9.17, 15) is 13.2 Å². The van der Waals surface area contributed by atoms with E-state index in [4.69, 9.17) is 0 Å². The minimum absolute atomic E-state index is 0.0539. The molecule has 1 atom stereocenters. The standard InChI is InChI=1S/C12H14BrNO3S2/c13-9-2-1-3-10(6-9)14-12(15)7-18-11-4-5-19(16,17)8-11/h1-3,6,11H,4-5,7-8H2,(H,14,15)/t11-/m0/s1. The fourth-order valence-corrected chi connectivity index (χ4v) is 5.69. The van der Waals surface area contributed by atoms with Gasteiger partial charge in [-0.3, -0.25) is 4.79 Å². The Morgan fingerprint density at radius 1 is 1.47 bits per heavy atom. The first-order valence-corrected chi connectivity index (χ1v) is 9.48. The highest BCUT2D eigenvalue weighted by Crippen LogP contribution is 2.24. The molecule has 0 bridgehead atoms. The fraction of sp³-hybridized carbons (Fsp3) is 0.417. The van der Waals surface area contributed by atoms with Crippen LogP contribution < -0.4 is 5.32 Å². The van der Waals surface area contributed by atoms with Gasteiger partial charge in [0.1, 0.15) is 0 Å². The number of carbonyl (C=O) groups excluding carboxylic acids is 1. The Hall–Kier alpha value is -0.530. The van der Waals surface area contributed by atoms with Crippen LogP contribution in [0, 0.1) is 0 Å². The van der Waals surface area contributed by atoms with Crippen LogP contribution in [0.1, 0.15) is 6.42 Å². The van der Waals surface area contributed by atoms with Gasteiger partial charge in [-0.05, 0) is 24.6 Å². The molecule has 1 aliphatic rings. The zero-order chi connectivity index (χ0) is 13.9. The van der Waals surface area contributed by atoms with Crippen molar-refractivity contribution in [2.75, 3.05) is 22.6 Å². The van der Waals surface area contributed by atoms with Crippen LogP contribution in [0.15, 0.2) is 28.7 Å². The summed E-state index contributed by atoms with van der Waals surface area (Å²) in [6, 6.07) is 7.36. The first kappa shape index (κ1) is 14.9. The van der Waals surface area contributed by atoms with Crippen molar-refractivity contribution in [3.63, 3.8) is 0 Å². The monoisotopic (exact) mass is 363 g/mol. The largest absolute Gasteiger partial charge is 0.325 e. The fourth-order valence-electron chi connectivity index (χ4n) is 1.85. The highest BCUT2D eigenvalue weighted by Gasteiger charge is 2.28. The molecule has 1 aromatic carbocycles. The van der Waals surface area contributed by atoms with Gasteiger partial charge in [0.05, 0.1) is 17.3 Å².